The Labute approximate surface area is 122 Å². The smallest absolute Gasteiger partial charge is 0.254 e. The topological polar surface area (TPSA) is 33.2 Å². The molecule has 0 saturated carbocycles. The first-order chi connectivity index (χ1) is 9.50. The third-order valence-corrected chi connectivity index (χ3v) is 3.57. The molecule has 0 fully saturated rings. The summed E-state index contributed by atoms with van der Waals surface area (Å²) in [6, 6.07) is 9.73. The lowest BCUT2D eigenvalue weighted by atomic mass is 10.1. The van der Waals surface area contributed by atoms with Gasteiger partial charge in [-0.3, -0.25) is 4.79 Å². The van der Waals surface area contributed by atoms with E-state index in [4.69, 9.17) is 11.6 Å². The molecule has 0 aliphatic heterocycles. The Morgan fingerprint density at radius 1 is 1.35 bits per heavy atom. The van der Waals surface area contributed by atoms with E-state index in [1.807, 2.05) is 25.1 Å². The summed E-state index contributed by atoms with van der Waals surface area (Å²) >= 11 is 6.13. The second-order valence-electron chi connectivity index (χ2n) is 4.48. The second-order valence-corrected chi connectivity index (χ2v) is 4.89. The van der Waals surface area contributed by atoms with Crippen LogP contribution in [0.5, 0.6) is 0 Å². The van der Waals surface area contributed by atoms with Crippen LogP contribution < -0.4 is 0 Å². The van der Waals surface area contributed by atoms with Crippen molar-refractivity contribution in [2.24, 2.45) is 0 Å². The Kier molecular flexibility index (Phi) is 4.35. The molecule has 20 heavy (non-hydrogen) atoms. The molecule has 2 rings (SSSR count). The molecule has 1 heterocycles. The molecule has 104 valence electrons. The van der Waals surface area contributed by atoms with Crippen LogP contribution in [0.3, 0.4) is 0 Å². The van der Waals surface area contributed by atoms with Gasteiger partial charge in [0.25, 0.3) is 5.91 Å². The average molecular weight is 293 g/mol. The first kappa shape index (κ1) is 14.5. The summed E-state index contributed by atoms with van der Waals surface area (Å²) < 4.78 is 13.1. The van der Waals surface area contributed by atoms with E-state index in [9.17, 15) is 9.18 Å². The number of carbonyl (C=O) groups is 1. The van der Waals surface area contributed by atoms with Crippen LogP contribution in [0, 0.1) is 5.95 Å². The Balaban J connectivity index is 2.25. The molecule has 0 spiro atoms. The van der Waals surface area contributed by atoms with Crippen LogP contribution in [-0.4, -0.2) is 22.8 Å². The zero-order valence-electron chi connectivity index (χ0n) is 11.2. The van der Waals surface area contributed by atoms with Crippen molar-refractivity contribution in [3.05, 3.63) is 64.7 Å². The van der Waals surface area contributed by atoms with Gasteiger partial charge >= 0.3 is 0 Å². The molecule has 2 aromatic rings. The van der Waals surface area contributed by atoms with Crippen LogP contribution in [0.2, 0.25) is 5.02 Å². The van der Waals surface area contributed by atoms with Gasteiger partial charge in [0.1, 0.15) is 0 Å². The number of hydrogen-bond acceptors (Lipinski definition) is 2. The molecule has 0 saturated heterocycles. The lowest BCUT2D eigenvalue weighted by molar-refractivity contribution is 0.0742. The Bertz CT molecular complexity index is 633. The normalized spacial score (nSPS) is 12.0. The second kappa shape index (κ2) is 6.01. The molecule has 1 atom stereocenters. The van der Waals surface area contributed by atoms with E-state index in [2.05, 4.69) is 4.98 Å². The maximum atomic E-state index is 13.1. The minimum absolute atomic E-state index is 0.215. The number of carbonyl (C=O) groups excluding carboxylic acids is 1. The van der Waals surface area contributed by atoms with Gasteiger partial charge in [-0.2, -0.15) is 4.39 Å². The summed E-state index contributed by atoms with van der Waals surface area (Å²) in [6.07, 6.45) is 1.27. The standard InChI is InChI=1S/C15H14ClFN2O/c1-10(12-5-3-4-6-13(12)16)19(2)15(20)11-7-8-18-14(17)9-11/h3-10H,1-2H3. The van der Waals surface area contributed by atoms with Gasteiger partial charge < -0.3 is 4.90 Å². The minimum Gasteiger partial charge on any atom is -0.335 e. The Morgan fingerprint density at radius 3 is 2.70 bits per heavy atom. The zero-order valence-corrected chi connectivity index (χ0v) is 11.9. The number of hydrogen-bond donors (Lipinski definition) is 0. The maximum absolute atomic E-state index is 13.1. The Morgan fingerprint density at radius 2 is 2.05 bits per heavy atom. The number of amides is 1. The van der Waals surface area contributed by atoms with Crippen molar-refractivity contribution in [2.45, 2.75) is 13.0 Å². The average Bonchev–Trinajstić information content (AvgIpc) is 2.45. The van der Waals surface area contributed by atoms with E-state index in [1.165, 1.54) is 17.2 Å². The summed E-state index contributed by atoms with van der Waals surface area (Å²) in [5.41, 5.74) is 1.11. The van der Waals surface area contributed by atoms with Crippen molar-refractivity contribution < 1.29 is 9.18 Å². The van der Waals surface area contributed by atoms with Crippen LogP contribution >= 0.6 is 11.6 Å². The molecule has 3 nitrogen and oxygen atoms in total. The zero-order chi connectivity index (χ0) is 14.7. The number of nitrogens with zero attached hydrogens (tertiary/aromatic N) is 2. The van der Waals surface area contributed by atoms with E-state index < -0.39 is 5.95 Å². The Hall–Kier alpha value is -1.94. The molecule has 1 amide bonds. The van der Waals surface area contributed by atoms with Crippen molar-refractivity contribution in [1.82, 2.24) is 9.88 Å². The maximum Gasteiger partial charge on any atom is 0.254 e. The van der Waals surface area contributed by atoms with Crippen molar-refractivity contribution in [3.63, 3.8) is 0 Å². The van der Waals surface area contributed by atoms with Crippen molar-refractivity contribution in [2.75, 3.05) is 7.05 Å². The summed E-state index contributed by atoms with van der Waals surface area (Å²) in [5.74, 6) is -0.951. The number of benzene rings is 1. The number of pyridine rings is 1. The van der Waals surface area contributed by atoms with Crippen LogP contribution in [0.15, 0.2) is 42.6 Å². The van der Waals surface area contributed by atoms with Gasteiger partial charge in [0.05, 0.1) is 6.04 Å². The fourth-order valence-corrected chi connectivity index (χ4v) is 2.23. The van der Waals surface area contributed by atoms with E-state index in [0.717, 1.165) is 11.6 Å². The van der Waals surface area contributed by atoms with E-state index in [0.29, 0.717) is 5.02 Å². The predicted molar refractivity (Wildman–Crippen MR) is 76.2 cm³/mol. The molecule has 0 bridgehead atoms. The van der Waals surface area contributed by atoms with Gasteiger partial charge in [0, 0.05) is 29.9 Å². The minimum atomic E-state index is -0.672. The summed E-state index contributed by atoms with van der Waals surface area (Å²) in [7, 11) is 1.66. The van der Waals surface area contributed by atoms with Crippen LogP contribution in [0.4, 0.5) is 4.39 Å². The van der Waals surface area contributed by atoms with Crippen molar-refractivity contribution in [3.8, 4) is 0 Å². The quantitative estimate of drug-likeness (QED) is 0.808. The molecule has 1 aromatic heterocycles. The third kappa shape index (κ3) is 2.96. The molecule has 1 unspecified atom stereocenters. The molecule has 1 aromatic carbocycles. The van der Waals surface area contributed by atoms with Crippen LogP contribution in [-0.2, 0) is 0 Å². The highest BCUT2D eigenvalue weighted by Gasteiger charge is 2.20. The van der Waals surface area contributed by atoms with Gasteiger partial charge in [-0.25, -0.2) is 4.98 Å². The lowest BCUT2D eigenvalue weighted by Gasteiger charge is -2.26. The fraction of sp³-hybridized carbons (Fsp3) is 0.200. The first-order valence-electron chi connectivity index (χ1n) is 6.14. The summed E-state index contributed by atoms with van der Waals surface area (Å²) in [5, 5.41) is 0.598. The number of rotatable bonds is 3. The lowest BCUT2D eigenvalue weighted by Crippen LogP contribution is -2.29. The molecule has 0 aliphatic rings. The molecule has 0 aliphatic carbocycles. The summed E-state index contributed by atoms with van der Waals surface area (Å²) in [4.78, 5) is 17.3. The molecule has 5 heteroatoms. The van der Waals surface area contributed by atoms with Gasteiger partial charge in [-0.1, -0.05) is 29.8 Å². The van der Waals surface area contributed by atoms with Crippen LogP contribution in [0.1, 0.15) is 28.9 Å². The predicted octanol–water partition coefficient (Wildman–Crippen LogP) is 3.71. The van der Waals surface area contributed by atoms with Gasteiger partial charge in [-0.05, 0) is 24.6 Å². The monoisotopic (exact) mass is 292 g/mol. The molecular formula is C15H14ClFN2O. The van der Waals surface area contributed by atoms with Crippen molar-refractivity contribution >= 4 is 17.5 Å². The largest absolute Gasteiger partial charge is 0.335 e. The fourth-order valence-electron chi connectivity index (χ4n) is 1.94. The van der Waals surface area contributed by atoms with Gasteiger partial charge in [0.15, 0.2) is 0 Å². The van der Waals surface area contributed by atoms with E-state index >= 15 is 0 Å². The third-order valence-electron chi connectivity index (χ3n) is 3.23. The molecule has 0 N–H and O–H groups in total. The highest BCUT2D eigenvalue weighted by molar-refractivity contribution is 6.31. The van der Waals surface area contributed by atoms with E-state index in [-0.39, 0.29) is 17.5 Å². The summed E-state index contributed by atoms with van der Waals surface area (Å²) in [6.45, 7) is 1.87. The van der Waals surface area contributed by atoms with Crippen molar-refractivity contribution in [1.29, 1.82) is 0 Å². The van der Waals surface area contributed by atoms with Gasteiger partial charge in [-0.15, -0.1) is 0 Å². The highest BCUT2D eigenvalue weighted by Crippen LogP contribution is 2.27. The first-order valence-corrected chi connectivity index (χ1v) is 6.51. The van der Waals surface area contributed by atoms with Gasteiger partial charge in [0.2, 0.25) is 5.95 Å². The number of aromatic nitrogens is 1. The van der Waals surface area contributed by atoms with E-state index in [1.54, 1.807) is 13.1 Å². The highest BCUT2D eigenvalue weighted by atomic mass is 35.5. The molecular weight excluding hydrogens is 279 g/mol. The SMILES string of the molecule is CC(c1ccccc1Cl)N(C)C(=O)c1ccnc(F)c1. The number of halogens is 2. The molecule has 0 radical (unpaired) electrons. The van der Waals surface area contributed by atoms with Crippen LogP contribution in [0.25, 0.3) is 0 Å².